The number of carbonyl (C=O) groups excluding carboxylic acids is 1. The number of nitrogens with one attached hydrogen (secondary N) is 1. The lowest BCUT2D eigenvalue weighted by Crippen LogP contribution is -2.37. The number of ether oxygens (including phenoxy) is 1. The number of H-pyrrole nitrogens is 1. The molecule has 0 amide bonds. The maximum atomic E-state index is 10.9. The van der Waals surface area contributed by atoms with Crippen LogP contribution in [-0.4, -0.2) is 24.9 Å². The molecule has 0 fully saturated rings. The molecule has 0 spiro atoms. The average Bonchev–Trinajstić information content (AvgIpc) is 2.67. The lowest BCUT2D eigenvalue weighted by Gasteiger charge is -1.99. The lowest BCUT2D eigenvalue weighted by atomic mass is 10.3. The molecule has 1 rings (SSSR count). The number of carbonyl (C=O) groups is 1. The van der Waals surface area contributed by atoms with Crippen LogP contribution in [0.15, 0.2) is 30.6 Å². The van der Waals surface area contributed by atoms with Crippen LogP contribution in [0.3, 0.4) is 0 Å². The van der Waals surface area contributed by atoms with Crippen LogP contribution < -0.4 is 4.68 Å². The zero-order valence-electron chi connectivity index (χ0n) is 9.71. The largest absolute Gasteiger partial charge is 0.673 e. The second kappa shape index (κ2) is 7.52. The van der Waals surface area contributed by atoms with Crippen molar-refractivity contribution >= 4 is 13.2 Å². The first-order chi connectivity index (χ1) is 8.20. The van der Waals surface area contributed by atoms with Crippen molar-refractivity contribution in [3.63, 3.8) is 0 Å². The summed E-state index contributed by atoms with van der Waals surface area (Å²) >= 11 is 0. The van der Waals surface area contributed by atoms with Gasteiger partial charge in [-0.15, -0.1) is 4.68 Å². The summed E-state index contributed by atoms with van der Waals surface area (Å²) < 4.78 is 45.7. The third-order valence-electron chi connectivity index (χ3n) is 1.52. The molecule has 1 heterocycles. The number of aromatic amines is 1. The molecule has 102 valence electrons. The predicted octanol–water partition coefficient (Wildman–Crippen LogP) is 1.72. The number of nitrogens with zero attached hydrogens (tertiary/aromatic N) is 1. The highest BCUT2D eigenvalue weighted by atomic mass is 19.5. The second-order valence-corrected chi connectivity index (χ2v) is 3.24. The Bertz CT molecular complexity index is 372. The molecule has 0 radical (unpaired) electrons. The zero-order valence-corrected chi connectivity index (χ0v) is 9.71. The van der Waals surface area contributed by atoms with Gasteiger partial charge in [0, 0.05) is 11.6 Å². The Morgan fingerprint density at radius 2 is 2.00 bits per heavy atom. The van der Waals surface area contributed by atoms with Crippen LogP contribution in [0.25, 0.3) is 0 Å². The van der Waals surface area contributed by atoms with Crippen LogP contribution in [0.1, 0.15) is 6.92 Å². The van der Waals surface area contributed by atoms with Crippen molar-refractivity contribution < 1.29 is 31.5 Å². The topological polar surface area (TPSA) is 46.0 Å². The summed E-state index contributed by atoms with van der Waals surface area (Å²) in [6.07, 6.45) is 3.68. The summed E-state index contributed by atoms with van der Waals surface area (Å²) in [7, 11) is -6.00. The van der Waals surface area contributed by atoms with Gasteiger partial charge in [0.25, 0.3) is 0 Å². The van der Waals surface area contributed by atoms with Crippen molar-refractivity contribution in [3.05, 3.63) is 30.6 Å². The molecule has 1 N–H and O–H groups in total. The maximum absolute atomic E-state index is 10.9. The Labute approximate surface area is 101 Å². The molecule has 1 aromatic heterocycles. The SMILES string of the molecule is C=C(C)C(=O)OCC[n+]1ccc[nH]1.F[B-](F)(F)F. The molecule has 9 heteroatoms. The lowest BCUT2D eigenvalue weighted by molar-refractivity contribution is -0.750. The summed E-state index contributed by atoms with van der Waals surface area (Å²) in [5.74, 6) is -0.341. The van der Waals surface area contributed by atoms with E-state index in [1.807, 2.05) is 16.9 Å². The molecule has 0 bridgehead atoms. The van der Waals surface area contributed by atoms with E-state index < -0.39 is 7.25 Å². The van der Waals surface area contributed by atoms with Crippen LogP contribution in [-0.2, 0) is 16.1 Å². The van der Waals surface area contributed by atoms with Gasteiger partial charge in [0.15, 0.2) is 12.8 Å². The van der Waals surface area contributed by atoms with Crippen LogP contribution in [0.5, 0.6) is 0 Å². The van der Waals surface area contributed by atoms with Crippen molar-refractivity contribution in [1.82, 2.24) is 5.10 Å². The van der Waals surface area contributed by atoms with E-state index in [-0.39, 0.29) is 5.97 Å². The van der Waals surface area contributed by atoms with Gasteiger partial charge >= 0.3 is 13.2 Å². The molecule has 0 aliphatic heterocycles. The van der Waals surface area contributed by atoms with Gasteiger partial charge < -0.3 is 22.0 Å². The van der Waals surface area contributed by atoms with E-state index in [0.29, 0.717) is 18.7 Å². The smallest absolute Gasteiger partial charge is 0.456 e. The van der Waals surface area contributed by atoms with Crippen molar-refractivity contribution in [3.8, 4) is 0 Å². The Hall–Kier alpha value is -1.80. The highest BCUT2D eigenvalue weighted by Gasteiger charge is 2.20. The van der Waals surface area contributed by atoms with E-state index >= 15 is 0 Å². The fourth-order valence-corrected chi connectivity index (χ4v) is 0.828. The number of hydrogen-bond donors (Lipinski definition) is 1. The summed E-state index contributed by atoms with van der Waals surface area (Å²) in [5.41, 5.74) is 0.427. The van der Waals surface area contributed by atoms with Gasteiger partial charge in [0.1, 0.15) is 0 Å². The molecule has 0 aromatic carbocycles. The Morgan fingerprint density at radius 3 is 2.39 bits per heavy atom. The molecule has 18 heavy (non-hydrogen) atoms. The quantitative estimate of drug-likeness (QED) is 0.297. The molecule has 0 aliphatic rings. The normalized spacial score (nSPS) is 10.3. The fourth-order valence-electron chi connectivity index (χ4n) is 0.828. The van der Waals surface area contributed by atoms with Gasteiger partial charge in [0.2, 0.25) is 6.54 Å². The van der Waals surface area contributed by atoms with Gasteiger partial charge in [-0.3, -0.25) is 0 Å². The predicted molar refractivity (Wildman–Crippen MR) is 56.9 cm³/mol. The highest BCUT2D eigenvalue weighted by Crippen LogP contribution is 2.06. The summed E-state index contributed by atoms with van der Waals surface area (Å²) in [6, 6.07) is 1.88. The Kier molecular flexibility index (Phi) is 6.77. The van der Waals surface area contributed by atoms with Crippen molar-refractivity contribution in [2.24, 2.45) is 0 Å². The molecule has 0 atom stereocenters. The van der Waals surface area contributed by atoms with Crippen LogP contribution >= 0.6 is 0 Å². The number of halogens is 4. The molecule has 1 aromatic rings. The van der Waals surface area contributed by atoms with E-state index in [9.17, 15) is 22.1 Å². The molecule has 0 saturated carbocycles. The fraction of sp³-hybridized carbons (Fsp3) is 0.333. The van der Waals surface area contributed by atoms with Gasteiger partial charge in [-0.05, 0) is 6.92 Å². The number of rotatable bonds is 4. The van der Waals surface area contributed by atoms with Gasteiger partial charge in [0.05, 0.1) is 6.20 Å². The minimum absolute atomic E-state index is 0.341. The first kappa shape index (κ1) is 16.2. The monoisotopic (exact) mass is 268 g/mol. The van der Waals surface area contributed by atoms with Crippen molar-refractivity contribution in [2.45, 2.75) is 13.5 Å². The molecular weight excluding hydrogens is 255 g/mol. The zero-order chi connectivity index (χ0) is 14.2. The second-order valence-electron chi connectivity index (χ2n) is 3.24. The average molecular weight is 268 g/mol. The van der Waals surface area contributed by atoms with Gasteiger partial charge in [-0.1, -0.05) is 6.58 Å². The number of aromatic nitrogens is 2. The first-order valence-corrected chi connectivity index (χ1v) is 4.93. The number of esters is 1. The summed E-state index contributed by atoms with van der Waals surface area (Å²) in [5, 5.41) is 2.94. The van der Waals surface area contributed by atoms with E-state index in [4.69, 9.17) is 4.74 Å². The molecule has 0 saturated heterocycles. The standard InChI is InChI=1S/C9H12N2O2.BF4/c1-8(2)9(12)13-7-6-11-5-3-4-10-11;2-1(3,4)5/h3-5H,1,6-7H2,2H3;/q;-1/p+1. The maximum Gasteiger partial charge on any atom is 0.673 e. The minimum Gasteiger partial charge on any atom is -0.456 e. The molecule has 4 nitrogen and oxygen atoms in total. The van der Waals surface area contributed by atoms with E-state index in [0.717, 1.165) is 0 Å². The van der Waals surface area contributed by atoms with Crippen LogP contribution in [0.2, 0.25) is 0 Å². The van der Waals surface area contributed by atoms with Crippen molar-refractivity contribution in [2.75, 3.05) is 6.61 Å². The van der Waals surface area contributed by atoms with Crippen LogP contribution in [0.4, 0.5) is 17.3 Å². The number of hydrogen-bond acceptors (Lipinski definition) is 2. The van der Waals surface area contributed by atoms with Gasteiger partial charge in [-0.2, -0.15) is 5.10 Å². The molecule has 0 aliphatic carbocycles. The molecular formula is C9H13BF4N2O2. The van der Waals surface area contributed by atoms with E-state index in [1.54, 1.807) is 13.1 Å². The summed E-state index contributed by atoms with van der Waals surface area (Å²) in [6.45, 7) is 6.10. The molecule has 0 unspecified atom stereocenters. The van der Waals surface area contributed by atoms with E-state index in [1.165, 1.54) is 0 Å². The minimum atomic E-state index is -6.00. The Morgan fingerprint density at radius 1 is 1.44 bits per heavy atom. The third-order valence-corrected chi connectivity index (χ3v) is 1.52. The first-order valence-electron chi connectivity index (χ1n) is 4.93. The van der Waals surface area contributed by atoms with Crippen molar-refractivity contribution in [1.29, 1.82) is 0 Å². The van der Waals surface area contributed by atoms with Gasteiger partial charge in [-0.25, -0.2) is 4.79 Å². The highest BCUT2D eigenvalue weighted by molar-refractivity contribution is 6.50. The summed E-state index contributed by atoms with van der Waals surface area (Å²) in [4.78, 5) is 10.9. The van der Waals surface area contributed by atoms with Crippen LogP contribution in [0, 0.1) is 0 Å². The Balaban J connectivity index is 0.000000494. The third kappa shape index (κ3) is 10.7. The van der Waals surface area contributed by atoms with E-state index in [2.05, 4.69) is 11.7 Å².